The fourth-order valence-corrected chi connectivity index (χ4v) is 3.01. The normalized spacial score (nSPS) is 10.6. The van der Waals surface area contributed by atoms with Gasteiger partial charge < -0.3 is 15.5 Å². The summed E-state index contributed by atoms with van der Waals surface area (Å²) in [7, 11) is 3.96. The number of carbonyl (C=O) groups excluding carboxylic acids is 1. The summed E-state index contributed by atoms with van der Waals surface area (Å²) in [6.45, 7) is 0.728. The Morgan fingerprint density at radius 3 is 2.74 bits per heavy atom. The first-order valence-electron chi connectivity index (χ1n) is 8.18. The van der Waals surface area contributed by atoms with Gasteiger partial charge in [-0.15, -0.1) is 6.42 Å². The number of rotatable bonds is 6. The maximum Gasteiger partial charge on any atom is 0.227 e. The zero-order valence-electron chi connectivity index (χ0n) is 15.0. The second kappa shape index (κ2) is 8.04. The maximum absolute atomic E-state index is 10.8. The average molecular weight is 380 g/mol. The van der Waals surface area contributed by atoms with Crippen molar-refractivity contribution in [1.29, 1.82) is 0 Å². The van der Waals surface area contributed by atoms with Gasteiger partial charge in [0.2, 0.25) is 12.4 Å². The quantitative estimate of drug-likeness (QED) is 0.505. The van der Waals surface area contributed by atoms with Crippen LogP contribution in [0.2, 0.25) is 5.02 Å². The Labute approximate surface area is 162 Å². The predicted molar refractivity (Wildman–Crippen MR) is 109 cm³/mol. The van der Waals surface area contributed by atoms with Crippen LogP contribution in [0.25, 0.3) is 10.9 Å². The van der Waals surface area contributed by atoms with E-state index in [1.807, 2.05) is 43.3 Å². The minimum Gasteiger partial charge on any atom is -0.329 e. The molecule has 0 unspecified atom stereocenters. The Morgan fingerprint density at radius 1 is 1.26 bits per heavy atom. The van der Waals surface area contributed by atoms with Crippen LogP contribution in [-0.2, 0) is 11.3 Å². The number of anilines is 3. The van der Waals surface area contributed by atoms with Crippen LogP contribution < -0.4 is 10.6 Å². The maximum atomic E-state index is 10.8. The van der Waals surface area contributed by atoms with Crippen LogP contribution in [0.3, 0.4) is 0 Å². The molecule has 7 heteroatoms. The first-order valence-corrected chi connectivity index (χ1v) is 8.55. The van der Waals surface area contributed by atoms with Crippen LogP contribution in [0, 0.1) is 12.3 Å². The molecule has 3 rings (SSSR count). The Bertz CT molecular complexity index is 1040. The third-order valence-electron chi connectivity index (χ3n) is 3.83. The lowest BCUT2D eigenvalue weighted by atomic mass is 10.1. The summed E-state index contributed by atoms with van der Waals surface area (Å²) in [6.07, 6.45) is 7.73. The lowest BCUT2D eigenvalue weighted by Gasteiger charge is -2.14. The average Bonchev–Trinajstić information content (AvgIpc) is 2.61. The number of terminal acetylenes is 1. The van der Waals surface area contributed by atoms with Crippen LogP contribution in [0.4, 0.5) is 17.3 Å². The number of nitrogens with zero attached hydrogens (tertiary/aromatic N) is 3. The molecule has 0 fully saturated rings. The van der Waals surface area contributed by atoms with Crippen molar-refractivity contribution >= 4 is 46.2 Å². The van der Waals surface area contributed by atoms with E-state index in [1.165, 1.54) is 0 Å². The molecule has 2 aromatic carbocycles. The Morgan fingerprint density at radius 2 is 2.04 bits per heavy atom. The molecule has 1 amide bonds. The molecule has 0 aliphatic carbocycles. The zero-order chi connectivity index (χ0) is 19.4. The molecule has 0 bridgehead atoms. The van der Waals surface area contributed by atoms with Crippen molar-refractivity contribution in [3.63, 3.8) is 0 Å². The van der Waals surface area contributed by atoms with Gasteiger partial charge in [0.15, 0.2) is 0 Å². The second-order valence-corrected chi connectivity index (χ2v) is 6.62. The van der Waals surface area contributed by atoms with Crippen molar-refractivity contribution in [2.24, 2.45) is 0 Å². The minimum atomic E-state index is 0.422. The predicted octanol–water partition coefficient (Wildman–Crippen LogP) is 3.64. The fraction of sp³-hybridized carbons (Fsp3) is 0.150. The molecule has 1 heterocycles. The number of fused-ring (bicyclic) bond motifs is 1. The van der Waals surface area contributed by atoms with E-state index in [0.29, 0.717) is 39.5 Å². The highest BCUT2D eigenvalue weighted by molar-refractivity contribution is 6.36. The minimum absolute atomic E-state index is 0.422. The highest BCUT2D eigenvalue weighted by atomic mass is 35.5. The van der Waals surface area contributed by atoms with E-state index < -0.39 is 0 Å². The molecule has 2 N–H and O–H groups in total. The lowest BCUT2D eigenvalue weighted by molar-refractivity contribution is -0.105. The number of amides is 1. The van der Waals surface area contributed by atoms with Crippen molar-refractivity contribution < 1.29 is 4.79 Å². The van der Waals surface area contributed by atoms with Crippen LogP contribution in [0.1, 0.15) is 11.1 Å². The van der Waals surface area contributed by atoms with Gasteiger partial charge in [-0.1, -0.05) is 17.5 Å². The van der Waals surface area contributed by atoms with Crippen molar-refractivity contribution in [3.8, 4) is 12.3 Å². The number of benzene rings is 2. The van der Waals surface area contributed by atoms with Crippen LogP contribution in [0.5, 0.6) is 0 Å². The molecule has 3 aromatic rings. The Balaban J connectivity index is 1.95. The summed E-state index contributed by atoms with van der Waals surface area (Å²) in [5, 5.41) is 7.02. The molecule has 136 valence electrons. The van der Waals surface area contributed by atoms with E-state index in [2.05, 4.69) is 26.5 Å². The summed E-state index contributed by atoms with van der Waals surface area (Å²) < 4.78 is 0. The van der Waals surface area contributed by atoms with Gasteiger partial charge in [-0.2, -0.15) is 0 Å². The molecular formula is C20H18ClN5O. The van der Waals surface area contributed by atoms with Crippen molar-refractivity contribution in [1.82, 2.24) is 14.9 Å². The van der Waals surface area contributed by atoms with E-state index in [4.69, 9.17) is 18.0 Å². The molecule has 0 aliphatic heterocycles. The first-order chi connectivity index (χ1) is 13.0. The lowest BCUT2D eigenvalue weighted by Crippen LogP contribution is -2.11. The summed E-state index contributed by atoms with van der Waals surface area (Å²) in [5.74, 6) is 2.96. The topological polar surface area (TPSA) is 70.2 Å². The van der Waals surface area contributed by atoms with Gasteiger partial charge in [0, 0.05) is 35.1 Å². The summed E-state index contributed by atoms with van der Waals surface area (Å²) in [4.78, 5) is 21.7. The van der Waals surface area contributed by atoms with Crippen molar-refractivity contribution in [2.75, 3.05) is 24.7 Å². The van der Waals surface area contributed by atoms with Crippen molar-refractivity contribution in [3.05, 3.63) is 52.7 Å². The molecule has 0 aliphatic rings. The molecule has 0 atom stereocenters. The summed E-state index contributed by atoms with van der Waals surface area (Å²) in [5.41, 5.74) is 3.79. The summed E-state index contributed by atoms with van der Waals surface area (Å²) in [6, 6.07) is 9.28. The van der Waals surface area contributed by atoms with Crippen molar-refractivity contribution in [2.45, 2.75) is 6.54 Å². The highest BCUT2D eigenvalue weighted by Crippen LogP contribution is 2.27. The first kappa shape index (κ1) is 18.6. The molecule has 0 radical (unpaired) electrons. The van der Waals surface area contributed by atoms with E-state index in [9.17, 15) is 4.79 Å². The summed E-state index contributed by atoms with van der Waals surface area (Å²) >= 11 is 6.29. The molecule has 0 saturated carbocycles. The van der Waals surface area contributed by atoms with E-state index >= 15 is 0 Å². The standard InChI is InChI=1S/C20H18ClN5O/c1-4-14-5-6-18-17(19(14)21)10-22-20(25-18)24-16-8-13(11-26(2)3)7-15(9-16)23-12-27/h1,5-10,12H,11H2,2-3H3,(H,23,27)(H,22,24,25). The second-order valence-electron chi connectivity index (χ2n) is 6.24. The fourth-order valence-electron chi connectivity index (χ4n) is 2.74. The van der Waals surface area contributed by atoms with Crippen LogP contribution in [0.15, 0.2) is 36.5 Å². The molecular weight excluding hydrogens is 362 g/mol. The van der Waals surface area contributed by atoms with Crippen LogP contribution >= 0.6 is 11.6 Å². The highest BCUT2D eigenvalue weighted by Gasteiger charge is 2.08. The molecule has 0 spiro atoms. The number of carbonyl (C=O) groups is 1. The molecule has 1 aromatic heterocycles. The van der Waals surface area contributed by atoms with Gasteiger partial charge in [-0.3, -0.25) is 4.79 Å². The van der Waals surface area contributed by atoms with E-state index in [0.717, 1.165) is 17.8 Å². The monoisotopic (exact) mass is 379 g/mol. The third kappa shape index (κ3) is 4.34. The Hall–Kier alpha value is -3.14. The van der Waals surface area contributed by atoms with Gasteiger partial charge in [0.1, 0.15) is 0 Å². The number of aromatic nitrogens is 2. The SMILES string of the molecule is C#Cc1ccc2nc(Nc3cc(CN(C)C)cc(NC=O)c3)ncc2c1Cl. The van der Waals surface area contributed by atoms with Gasteiger partial charge >= 0.3 is 0 Å². The number of halogens is 1. The smallest absolute Gasteiger partial charge is 0.227 e. The largest absolute Gasteiger partial charge is 0.329 e. The zero-order valence-corrected chi connectivity index (χ0v) is 15.7. The van der Waals surface area contributed by atoms with Gasteiger partial charge in [0.05, 0.1) is 10.5 Å². The third-order valence-corrected chi connectivity index (χ3v) is 4.24. The number of hydrogen-bond donors (Lipinski definition) is 2. The number of hydrogen-bond acceptors (Lipinski definition) is 5. The van der Waals surface area contributed by atoms with Gasteiger partial charge in [-0.25, -0.2) is 9.97 Å². The Kier molecular flexibility index (Phi) is 5.55. The van der Waals surface area contributed by atoms with Gasteiger partial charge in [0.25, 0.3) is 0 Å². The molecule has 0 saturated heterocycles. The molecule has 6 nitrogen and oxygen atoms in total. The van der Waals surface area contributed by atoms with Gasteiger partial charge in [-0.05, 0) is 50.0 Å². The van der Waals surface area contributed by atoms with E-state index in [1.54, 1.807) is 12.3 Å². The van der Waals surface area contributed by atoms with Crippen LogP contribution in [-0.4, -0.2) is 35.4 Å². The number of nitrogens with one attached hydrogen (secondary N) is 2. The molecule has 27 heavy (non-hydrogen) atoms. The van der Waals surface area contributed by atoms with E-state index in [-0.39, 0.29) is 0 Å².